The van der Waals surface area contributed by atoms with Gasteiger partial charge in [-0.15, -0.1) is 0 Å². The maximum Gasteiger partial charge on any atom is 0.145 e. The van der Waals surface area contributed by atoms with E-state index in [-0.39, 0.29) is 6.61 Å². The van der Waals surface area contributed by atoms with Gasteiger partial charge in [-0.1, -0.05) is 12.1 Å². The number of aliphatic hydroxyl groups excluding tert-OH is 1. The van der Waals surface area contributed by atoms with Gasteiger partial charge in [0.2, 0.25) is 0 Å². The topological polar surface area (TPSA) is 62.5 Å². The summed E-state index contributed by atoms with van der Waals surface area (Å²) in [6.45, 7) is 2.39. The SMILES string of the molecule is CCOc1cccc(Oc2ccc(CO)cc2C#N)c1. The summed E-state index contributed by atoms with van der Waals surface area (Å²) in [5.74, 6) is 1.78. The summed E-state index contributed by atoms with van der Waals surface area (Å²) in [5, 5.41) is 18.2. The lowest BCUT2D eigenvalue weighted by Crippen LogP contribution is -1.93. The number of aliphatic hydroxyl groups is 1. The lowest BCUT2D eigenvalue weighted by Gasteiger charge is -2.10. The van der Waals surface area contributed by atoms with Crippen LogP contribution in [-0.2, 0) is 6.61 Å². The van der Waals surface area contributed by atoms with Crippen molar-refractivity contribution >= 4 is 0 Å². The Hall–Kier alpha value is -2.51. The third-order valence-corrected chi connectivity index (χ3v) is 2.69. The van der Waals surface area contributed by atoms with E-state index >= 15 is 0 Å². The normalized spacial score (nSPS) is 9.85. The molecule has 0 saturated heterocycles. The van der Waals surface area contributed by atoms with Crippen LogP contribution in [0.2, 0.25) is 0 Å². The lowest BCUT2D eigenvalue weighted by molar-refractivity contribution is 0.281. The molecule has 20 heavy (non-hydrogen) atoms. The van der Waals surface area contributed by atoms with Crippen molar-refractivity contribution in [2.24, 2.45) is 0 Å². The van der Waals surface area contributed by atoms with Gasteiger partial charge in [0, 0.05) is 6.07 Å². The molecule has 102 valence electrons. The Labute approximate surface area is 117 Å². The zero-order chi connectivity index (χ0) is 14.4. The van der Waals surface area contributed by atoms with Crippen LogP contribution < -0.4 is 9.47 Å². The molecule has 0 amide bonds. The number of benzene rings is 2. The molecule has 0 fully saturated rings. The fraction of sp³-hybridized carbons (Fsp3) is 0.188. The molecule has 0 aliphatic carbocycles. The molecule has 0 aliphatic heterocycles. The highest BCUT2D eigenvalue weighted by molar-refractivity contribution is 5.48. The summed E-state index contributed by atoms with van der Waals surface area (Å²) >= 11 is 0. The van der Waals surface area contributed by atoms with E-state index < -0.39 is 0 Å². The lowest BCUT2D eigenvalue weighted by atomic mass is 10.1. The Morgan fingerprint density at radius 3 is 2.65 bits per heavy atom. The zero-order valence-corrected chi connectivity index (χ0v) is 11.2. The molecular weight excluding hydrogens is 254 g/mol. The second-order valence-corrected chi connectivity index (χ2v) is 4.11. The van der Waals surface area contributed by atoms with E-state index in [0.29, 0.717) is 29.2 Å². The van der Waals surface area contributed by atoms with E-state index in [1.807, 2.05) is 19.1 Å². The first-order chi connectivity index (χ1) is 9.76. The predicted octanol–water partition coefficient (Wildman–Crippen LogP) is 3.24. The van der Waals surface area contributed by atoms with E-state index in [0.717, 1.165) is 5.75 Å². The van der Waals surface area contributed by atoms with Crippen molar-refractivity contribution < 1.29 is 14.6 Å². The molecule has 4 heteroatoms. The van der Waals surface area contributed by atoms with Crippen LogP contribution in [-0.4, -0.2) is 11.7 Å². The van der Waals surface area contributed by atoms with Gasteiger partial charge in [0.1, 0.15) is 23.3 Å². The third-order valence-electron chi connectivity index (χ3n) is 2.69. The third kappa shape index (κ3) is 3.28. The van der Waals surface area contributed by atoms with Gasteiger partial charge in [-0.3, -0.25) is 0 Å². The fourth-order valence-electron chi connectivity index (χ4n) is 1.77. The number of hydrogen-bond acceptors (Lipinski definition) is 4. The average Bonchev–Trinajstić information content (AvgIpc) is 2.48. The summed E-state index contributed by atoms with van der Waals surface area (Å²) in [6, 6.07) is 14.3. The van der Waals surface area contributed by atoms with Crippen LogP contribution in [0.5, 0.6) is 17.2 Å². The van der Waals surface area contributed by atoms with Crippen molar-refractivity contribution in [3.8, 4) is 23.3 Å². The van der Waals surface area contributed by atoms with Gasteiger partial charge in [-0.05, 0) is 36.8 Å². The molecule has 4 nitrogen and oxygen atoms in total. The standard InChI is InChI=1S/C16H15NO3/c1-2-19-14-4-3-5-15(9-14)20-16-7-6-12(11-18)8-13(16)10-17/h3-9,18H,2,11H2,1H3. The first kappa shape index (κ1) is 13.9. The Morgan fingerprint density at radius 1 is 1.15 bits per heavy atom. The summed E-state index contributed by atoms with van der Waals surface area (Å²) < 4.78 is 11.1. The van der Waals surface area contributed by atoms with Crippen LogP contribution in [0.3, 0.4) is 0 Å². The first-order valence-corrected chi connectivity index (χ1v) is 6.31. The molecule has 0 radical (unpaired) electrons. The molecule has 2 rings (SSSR count). The molecule has 0 aliphatic rings. The van der Waals surface area contributed by atoms with Gasteiger partial charge in [0.25, 0.3) is 0 Å². The van der Waals surface area contributed by atoms with Crippen molar-refractivity contribution in [2.75, 3.05) is 6.61 Å². The Morgan fingerprint density at radius 2 is 1.95 bits per heavy atom. The zero-order valence-electron chi connectivity index (χ0n) is 11.2. The van der Waals surface area contributed by atoms with Gasteiger partial charge in [-0.2, -0.15) is 5.26 Å². The minimum Gasteiger partial charge on any atom is -0.494 e. The smallest absolute Gasteiger partial charge is 0.145 e. The minimum absolute atomic E-state index is 0.102. The Bertz CT molecular complexity index is 632. The van der Waals surface area contributed by atoms with Crippen LogP contribution in [0, 0.1) is 11.3 Å². The highest BCUT2D eigenvalue weighted by Crippen LogP contribution is 2.28. The van der Waals surface area contributed by atoms with Gasteiger partial charge in [-0.25, -0.2) is 0 Å². The van der Waals surface area contributed by atoms with E-state index in [9.17, 15) is 0 Å². The molecule has 1 N–H and O–H groups in total. The number of ether oxygens (including phenoxy) is 2. The van der Waals surface area contributed by atoms with Gasteiger partial charge in [0.15, 0.2) is 0 Å². The highest BCUT2D eigenvalue weighted by Gasteiger charge is 2.06. The van der Waals surface area contributed by atoms with Crippen LogP contribution in [0.1, 0.15) is 18.1 Å². The van der Waals surface area contributed by atoms with Crippen LogP contribution in [0.25, 0.3) is 0 Å². The molecular formula is C16H15NO3. The molecule has 0 heterocycles. The minimum atomic E-state index is -0.102. The van der Waals surface area contributed by atoms with Gasteiger partial charge < -0.3 is 14.6 Å². The summed E-state index contributed by atoms with van der Waals surface area (Å²) in [6.07, 6.45) is 0. The van der Waals surface area contributed by atoms with Crippen molar-refractivity contribution in [1.29, 1.82) is 5.26 Å². The molecule has 0 unspecified atom stereocenters. The van der Waals surface area contributed by atoms with Gasteiger partial charge in [0.05, 0.1) is 18.8 Å². The maximum atomic E-state index is 9.12. The van der Waals surface area contributed by atoms with Crippen molar-refractivity contribution in [1.82, 2.24) is 0 Å². The number of hydrogen-bond donors (Lipinski definition) is 1. The predicted molar refractivity (Wildman–Crippen MR) is 74.8 cm³/mol. The van der Waals surface area contributed by atoms with E-state index in [1.54, 1.807) is 30.3 Å². The highest BCUT2D eigenvalue weighted by atomic mass is 16.5. The van der Waals surface area contributed by atoms with E-state index in [2.05, 4.69) is 6.07 Å². The molecule has 0 aromatic heterocycles. The van der Waals surface area contributed by atoms with Gasteiger partial charge >= 0.3 is 0 Å². The summed E-state index contributed by atoms with van der Waals surface area (Å²) in [5.41, 5.74) is 1.07. The quantitative estimate of drug-likeness (QED) is 0.905. The maximum absolute atomic E-state index is 9.12. The molecule has 0 spiro atoms. The van der Waals surface area contributed by atoms with Crippen LogP contribution >= 0.6 is 0 Å². The second kappa shape index (κ2) is 6.60. The molecule has 2 aromatic carbocycles. The molecule has 0 atom stereocenters. The van der Waals surface area contributed by atoms with Crippen molar-refractivity contribution in [3.63, 3.8) is 0 Å². The number of rotatable bonds is 5. The monoisotopic (exact) mass is 269 g/mol. The number of nitrogens with zero attached hydrogens (tertiary/aromatic N) is 1. The molecule has 0 saturated carbocycles. The van der Waals surface area contributed by atoms with Crippen molar-refractivity contribution in [3.05, 3.63) is 53.6 Å². The fourth-order valence-corrected chi connectivity index (χ4v) is 1.77. The molecule has 2 aromatic rings. The largest absolute Gasteiger partial charge is 0.494 e. The number of nitriles is 1. The first-order valence-electron chi connectivity index (χ1n) is 6.31. The van der Waals surface area contributed by atoms with E-state index in [4.69, 9.17) is 19.8 Å². The van der Waals surface area contributed by atoms with Crippen molar-refractivity contribution in [2.45, 2.75) is 13.5 Å². The second-order valence-electron chi connectivity index (χ2n) is 4.11. The van der Waals surface area contributed by atoms with Crippen LogP contribution in [0.4, 0.5) is 0 Å². The van der Waals surface area contributed by atoms with Crippen LogP contribution in [0.15, 0.2) is 42.5 Å². The molecule has 0 bridgehead atoms. The summed E-state index contributed by atoms with van der Waals surface area (Å²) in [7, 11) is 0. The Kier molecular flexibility index (Phi) is 4.59. The van der Waals surface area contributed by atoms with E-state index in [1.165, 1.54) is 0 Å². The summed E-state index contributed by atoms with van der Waals surface area (Å²) in [4.78, 5) is 0. The Balaban J connectivity index is 2.25. The average molecular weight is 269 g/mol.